The fraction of sp³-hybridized carbons (Fsp3) is 0.469. The van der Waals surface area contributed by atoms with Gasteiger partial charge in [0.1, 0.15) is 25.2 Å². The van der Waals surface area contributed by atoms with Crippen molar-refractivity contribution in [3.63, 3.8) is 0 Å². The Kier molecular flexibility index (Phi) is 9.33. The fourth-order valence-corrected chi connectivity index (χ4v) is 5.66. The molecule has 5 N–H and O–H groups in total. The van der Waals surface area contributed by atoms with Gasteiger partial charge in [0.15, 0.2) is 6.10 Å². The van der Waals surface area contributed by atoms with Crippen LogP contribution in [-0.2, 0) is 43.4 Å². The lowest BCUT2D eigenvalue weighted by Gasteiger charge is -2.21. The first-order valence-corrected chi connectivity index (χ1v) is 15.0. The minimum atomic E-state index is -1.55. The molecule has 2 aliphatic rings. The number of aliphatic hydroxyl groups is 1. The van der Waals surface area contributed by atoms with Crippen molar-refractivity contribution in [2.24, 2.45) is 11.7 Å². The zero-order valence-corrected chi connectivity index (χ0v) is 25.7. The van der Waals surface area contributed by atoms with E-state index in [0.29, 0.717) is 48.3 Å². The van der Waals surface area contributed by atoms with Crippen LogP contribution in [0.5, 0.6) is 0 Å². The Bertz CT molecular complexity index is 1740. The maximum atomic E-state index is 15.0. The number of cyclic esters (lactones) is 1. The van der Waals surface area contributed by atoms with Gasteiger partial charge in [0.05, 0.1) is 35.1 Å². The highest BCUT2D eigenvalue weighted by atomic mass is 19.1. The number of nitrogens with zero attached hydrogens (tertiary/aromatic N) is 2. The van der Waals surface area contributed by atoms with Gasteiger partial charge in [-0.3, -0.25) is 14.4 Å². The lowest BCUT2D eigenvalue weighted by atomic mass is 9.95. The number of amides is 2. The number of aliphatic hydroxyl groups excluding tert-OH is 1. The first-order chi connectivity index (χ1) is 21.4. The Balaban J connectivity index is 1.21. The van der Waals surface area contributed by atoms with Crippen LogP contribution >= 0.6 is 0 Å². The summed E-state index contributed by atoms with van der Waals surface area (Å²) in [5.74, 6) is -2.03. The van der Waals surface area contributed by atoms with E-state index in [0.717, 1.165) is 16.5 Å². The lowest BCUT2D eigenvalue weighted by molar-refractivity contribution is -0.157. The smallest absolute Gasteiger partial charge is 0.340 e. The predicted molar refractivity (Wildman–Crippen MR) is 162 cm³/mol. The quantitative estimate of drug-likeness (QED) is 0.110. The molecule has 0 radical (unpaired) electrons. The first kappa shape index (κ1) is 32.2. The minimum absolute atomic E-state index is 0.0199. The zero-order chi connectivity index (χ0) is 32.6. The van der Waals surface area contributed by atoms with E-state index in [1.165, 1.54) is 10.6 Å². The van der Waals surface area contributed by atoms with E-state index in [1.807, 2.05) is 19.9 Å². The van der Waals surface area contributed by atoms with Crippen LogP contribution < -0.4 is 21.9 Å². The molecule has 0 saturated heterocycles. The second-order valence-corrected chi connectivity index (χ2v) is 11.9. The number of aryl methyl sites for hydroxylation is 1. The third kappa shape index (κ3) is 6.33. The Labute approximate surface area is 259 Å². The van der Waals surface area contributed by atoms with Crippen molar-refractivity contribution in [3.05, 3.63) is 62.2 Å². The van der Waals surface area contributed by atoms with Crippen molar-refractivity contribution in [1.29, 1.82) is 0 Å². The molecule has 2 aliphatic heterocycles. The molecule has 13 heteroatoms. The van der Waals surface area contributed by atoms with E-state index in [-0.39, 0.29) is 48.4 Å². The molecule has 0 fully saturated rings. The van der Waals surface area contributed by atoms with Gasteiger partial charge < -0.3 is 35.5 Å². The lowest BCUT2D eigenvalue weighted by Crippen LogP contribution is -2.51. The highest BCUT2D eigenvalue weighted by Crippen LogP contribution is 2.37. The molecule has 0 unspecified atom stereocenters. The highest BCUT2D eigenvalue weighted by molar-refractivity contribution is 5.90. The normalized spacial score (nSPS) is 16.5. The molecule has 0 saturated carbocycles. The number of hydrogen-bond donors (Lipinski definition) is 4. The first-order valence-electron chi connectivity index (χ1n) is 15.0. The maximum absolute atomic E-state index is 15.0. The summed E-state index contributed by atoms with van der Waals surface area (Å²) in [6, 6.07) is 3.46. The number of unbranched alkanes of at least 4 members (excludes halogenated alkanes) is 1. The fourth-order valence-electron chi connectivity index (χ4n) is 5.66. The molecule has 0 aliphatic carbocycles. The summed E-state index contributed by atoms with van der Waals surface area (Å²) in [6.07, 6.45) is 0.343. The summed E-state index contributed by atoms with van der Waals surface area (Å²) in [6.45, 7) is 7.34. The van der Waals surface area contributed by atoms with Crippen molar-refractivity contribution >= 4 is 28.7 Å². The summed E-state index contributed by atoms with van der Waals surface area (Å²) in [5, 5.41) is 16.3. The molecule has 45 heavy (non-hydrogen) atoms. The minimum Gasteiger partial charge on any atom is -0.458 e. The van der Waals surface area contributed by atoms with Crippen molar-refractivity contribution in [3.8, 4) is 11.4 Å². The number of rotatable bonds is 11. The molecule has 3 atom stereocenters. The van der Waals surface area contributed by atoms with Gasteiger partial charge >= 0.3 is 5.97 Å². The van der Waals surface area contributed by atoms with E-state index in [1.54, 1.807) is 19.9 Å². The van der Waals surface area contributed by atoms with Crippen LogP contribution in [0.4, 0.5) is 4.39 Å². The van der Waals surface area contributed by atoms with Crippen LogP contribution in [0.15, 0.2) is 23.0 Å². The number of pyridine rings is 2. The number of ether oxygens (including phenoxy) is 2. The van der Waals surface area contributed by atoms with Gasteiger partial charge in [-0.15, -0.1) is 0 Å². The summed E-state index contributed by atoms with van der Waals surface area (Å²) >= 11 is 0. The molecule has 4 heterocycles. The maximum Gasteiger partial charge on any atom is 0.340 e. The molecule has 12 nitrogen and oxygen atoms in total. The summed E-state index contributed by atoms with van der Waals surface area (Å²) in [5.41, 5.74) is 9.45. The number of esters is 1. The topological polar surface area (TPSA) is 175 Å². The van der Waals surface area contributed by atoms with Crippen molar-refractivity contribution in [2.45, 2.75) is 78.3 Å². The molecule has 2 aromatic heterocycles. The van der Waals surface area contributed by atoms with Gasteiger partial charge in [0.2, 0.25) is 11.8 Å². The molecule has 3 aromatic rings. The van der Waals surface area contributed by atoms with E-state index < -0.39 is 35.9 Å². The average molecular weight is 624 g/mol. The Morgan fingerprint density at radius 2 is 1.96 bits per heavy atom. The Hall–Kier alpha value is -4.20. The highest BCUT2D eigenvalue weighted by Gasteiger charge is 2.34. The van der Waals surface area contributed by atoms with Crippen LogP contribution in [0.2, 0.25) is 0 Å². The van der Waals surface area contributed by atoms with E-state index >= 15 is 4.39 Å². The number of benzene rings is 1. The molecule has 5 rings (SSSR count). The van der Waals surface area contributed by atoms with Crippen LogP contribution in [-0.4, -0.2) is 57.9 Å². The Morgan fingerprint density at radius 1 is 1.20 bits per heavy atom. The zero-order valence-electron chi connectivity index (χ0n) is 25.7. The standard InChI is InChI=1S/C32H38FN5O7/c1-15(2)26(34)30(41)36-17(4)29(40)35-14-44-8-6-5-7-19-16(3)23(33)11-24-20(19)9-18-12-38-25(27(18)37-24)10-21-22(31(38)42)13-45-32(43)28(21)39/h9-11,15,17,26,28,39H,5-8,12-14,34H2,1-4H3,(H,35,40)(H,36,41)/t17-,26-,28-/m0/s1. The summed E-state index contributed by atoms with van der Waals surface area (Å²) < 4.78 is 27.1. The molecule has 0 spiro atoms. The van der Waals surface area contributed by atoms with Crippen molar-refractivity contribution in [1.82, 2.24) is 20.2 Å². The number of nitrogens with one attached hydrogen (secondary N) is 2. The van der Waals surface area contributed by atoms with Gasteiger partial charge in [-0.1, -0.05) is 13.8 Å². The number of carbonyl (C=O) groups excluding carboxylic acids is 3. The summed E-state index contributed by atoms with van der Waals surface area (Å²) in [7, 11) is 0. The van der Waals surface area contributed by atoms with Crippen LogP contribution in [0.25, 0.3) is 22.3 Å². The molecule has 1 aromatic carbocycles. The SMILES string of the molecule is Cc1c(F)cc2nc3c(cc2c1CCCCOCNC(=O)[C@H](C)NC(=O)[C@@H](N)C(C)C)Cn1c-3cc2c(c1=O)COC(=O)[C@H]2O. The van der Waals surface area contributed by atoms with Crippen molar-refractivity contribution < 1.29 is 33.4 Å². The van der Waals surface area contributed by atoms with Gasteiger partial charge in [-0.25, -0.2) is 14.2 Å². The van der Waals surface area contributed by atoms with E-state index in [4.69, 9.17) is 20.2 Å². The summed E-state index contributed by atoms with van der Waals surface area (Å²) in [4.78, 5) is 54.2. The predicted octanol–water partition coefficient (Wildman–Crippen LogP) is 1.86. The second-order valence-electron chi connectivity index (χ2n) is 11.9. The molecule has 2 amide bonds. The third-order valence-corrected chi connectivity index (χ3v) is 8.50. The van der Waals surface area contributed by atoms with Gasteiger partial charge in [-0.05, 0) is 62.3 Å². The largest absolute Gasteiger partial charge is 0.458 e. The average Bonchev–Trinajstić information content (AvgIpc) is 3.36. The number of aromatic nitrogens is 2. The number of nitrogens with two attached hydrogens (primary N) is 1. The molecular formula is C32H38FN5O7. The van der Waals surface area contributed by atoms with Crippen molar-refractivity contribution in [2.75, 3.05) is 13.3 Å². The number of carbonyl (C=O) groups is 3. The third-order valence-electron chi connectivity index (χ3n) is 8.50. The molecule has 0 bridgehead atoms. The van der Waals surface area contributed by atoms with Gasteiger partial charge in [-0.2, -0.15) is 0 Å². The van der Waals surface area contributed by atoms with Crippen LogP contribution in [0.3, 0.4) is 0 Å². The van der Waals surface area contributed by atoms with Crippen LogP contribution in [0, 0.1) is 18.7 Å². The Morgan fingerprint density at radius 3 is 2.69 bits per heavy atom. The van der Waals surface area contributed by atoms with Gasteiger partial charge in [0.25, 0.3) is 5.56 Å². The monoisotopic (exact) mass is 623 g/mol. The number of hydrogen-bond acceptors (Lipinski definition) is 9. The second kappa shape index (κ2) is 13.0. The van der Waals surface area contributed by atoms with Crippen LogP contribution in [0.1, 0.15) is 67.5 Å². The molecule has 240 valence electrons. The van der Waals surface area contributed by atoms with E-state index in [9.17, 15) is 24.3 Å². The molecular weight excluding hydrogens is 585 g/mol. The number of fused-ring (bicyclic) bond motifs is 5. The van der Waals surface area contributed by atoms with Gasteiger partial charge in [0, 0.05) is 29.2 Å². The van der Waals surface area contributed by atoms with E-state index in [2.05, 4.69) is 10.6 Å². The number of halogens is 1.